The van der Waals surface area contributed by atoms with Crippen molar-refractivity contribution in [2.45, 2.75) is 19.5 Å². The van der Waals surface area contributed by atoms with Crippen LogP contribution in [0.1, 0.15) is 23.4 Å². The lowest BCUT2D eigenvalue weighted by molar-refractivity contribution is 0.817. The molecule has 1 aromatic heterocycles. The first kappa shape index (κ1) is 13.4. The fourth-order valence-electron chi connectivity index (χ4n) is 1.85. The number of nitrogens with two attached hydrogens (primary N) is 1. The molecule has 0 aliphatic rings. The topological polar surface area (TPSA) is 29.3 Å². The molecule has 4 heteroatoms. The van der Waals surface area contributed by atoms with E-state index in [-0.39, 0.29) is 6.04 Å². The summed E-state index contributed by atoms with van der Waals surface area (Å²) in [6.07, 6.45) is 0. The fourth-order valence-corrected chi connectivity index (χ4v) is 2.95. The number of benzene rings is 1. The first-order valence-corrected chi connectivity index (χ1v) is 7.12. The van der Waals surface area contributed by atoms with Crippen molar-refractivity contribution in [1.29, 1.82) is 0 Å². The fraction of sp³-hybridized carbons (Fsp3) is 0.286. The van der Waals surface area contributed by atoms with Crippen LogP contribution >= 0.6 is 22.9 Å². The third-order valence-corrected chi connectivity index (χ3v) is 4.08. The van der Waals surface area contributed by atoms with Crippen LogP contribution in [-0.2, 0) is 6.54 Å². The lowest BCUT2D eigenvalue weighted by Crippen LogP contribution is -2.16. The summed E-state index contributed by atoms with van der Waals surface area (Å²) in [6.45, 7) is 2.84. The molecule has 1 aromatic carbocycles. The van der Waals surface area contributed by atoms with E-state index < -0.39 is 0 Å². The third-order valence-electron chi connectivity index (χ3n) is 2.89. The van der Waals surface area contributed by atoms with Crippen LogP contribution in [0.25, 0.3) is 0 Å². The number of anilines is 1. The van der Waals surface area contributed by atoms with Gasteiger partial charge in [-0.05, 0) is 36.1 Å². The van der Waals surface area contributed by atoms with Gasteiger partial charge in [0.05, 0.1) is 6.54 Å². The smallest absolute Gasteiger partial charge is 0.0519 e. The second-order valence-corrected chi connectivity index (χ2v) is 5.87. The number of nitrogens with zero attached hydrogens (tertiary/aromatic N) is 1. The predicted octanol–water partition coefficient (Wildman–Crippen LogP) is 4.06. The molecule has 1 heterocycles. The van der Waals surface area contributed by atoms with Crippen molar-refractivity contribution >= 4 is 28.6 Å². The lowest BCUT2D eigenvalue weighted by atomic mass is 10.1. The minimum atomic E-state index is -0.0332. The zero-order valence-electron chi connectivity index (χ0n) is 10.6. The maximum absolute atomic E-state index is 6.25. The highest BCUT2D eigenvalue weighted by Crippen LogP contribution is 2.27. The molecule has 0 aliphatic heterocycles. The number of thiophene rings is 1. The first-order chi connectivity index (χ1) is 8.58. The summed E-state index contributed by atoms with van der Waals surface area (Å²) in [5.74, 6) is 0. The molecule has 0 saturated carbocycles. The SMILES string of the molecule is CC(N)c1ccc(N(C)Cc2cccs2)cc1Cl. The van der Waals surface area contributed by atoms with Gasteiger partial charge in [-0.25, -0.2) is 0 Å². The Balaban J connectivity index is 2.16. The van der Waals surface area contributed by atoms with Gasteiger partial charge in [0.15, 0.2) is 0 Å². The molecular formula is C14H17ClN2S. The summed E-state index contributed by atoms with van der Waals surface area (Å²) in [7, 11) is 2.07. The normalized spacial score (nSPS) is 12.4. The van der Waals surface area contributed by atoms with Crippen molar-refractivity contribution in [1.82, 2.24) is 0 Å². The maximum atomic E-state index is 6.25. The monoisotopic (exact) mass is 280 g/mol. The average molecular weight is 281 g/mol. The molecule has 2 aromatic rings. The molecule has 0 amide bonds. The van der Waals surface area contributed by atoms with E-state index in [2.05, 4.69) is 35.5 Å². The largest absolute Gasteiger partial charge is 0.369 e. The number of rotatable bonds is 4. The van der Waals surface area contributed by atoms with Gasteiger partial charge < -0.3 is 10.6 Å². The molecule has 18 heavy (non-hydrogen) atoms. The van der Waals surface area contributed by atoms with Gasteiger partial charge in [-0.3, -0.25) is 0 Å². The van der Waals surface area contributed by atoms with Gasteiger partial charge in [0, 0.05) is 28.7 Å². The van der Waals surface area contributed by atoms with Crippen LogP contribution in [0.3, 0.4) is 0 Å². The zero-order valence-corrected chi connectivity index (χ0v) is 12.1. The Labute approximate surface area is 117 Å². The number of hydrogen-bond donors (Lipinski definition) is 1. The molecule has 2 rings (SSSR count). The van der Waals surface area contributed by atoms with Crippen molar-refractivity contribution in [3.8, 4) is 0 Å². The highest BCUT2D eigenvalue weighted by atomic mass is 35.5. The second kappa shape index (κ2) is 5.74. The highest BCUT2D eigenvalue weighted by molar-refractivity contribution is 7.09. The van der Waals surface area contributed by atoms with E-state index in [0.29, 0.717) is 0 Å². The van der Waals surface area contributed by atoms with E-state index >= 15 is 0 Å². The van der Waals surface area contributed by atoms with Crippen LogP contribution < -0.4 is 10.6 Å². The molecule has 0 fully saturated rings. The van der Waals surface area contributed by atoms with Crippen LogP contribution in [0.5, 0.6) is 0 Å². The molecule has 0 saturated heterocycles. The van der Waals surface area contributed by atoms with Gasteiger partial charge in [0.2, 0.25) is 0 Å². The molecule has 96 valence electrons. The van der Waals surface area contributed by atoms with Crippen LogP contribution in [0.2, 0.25) is 5.02 Å². The van der Waals surface area contributed by atoms with Gasteiger partial charge >= 0.3 is 0 Å². The van der Waals surface area contributed by atoms with Crippen LogP contribution in [0.4, 0.5) is 5.69 Å². The molecule has 2 N–H and O–H groups in total. The molecule has 2 nitrogen and oxygen atoms in total. The minimum Gasteiger partial charge on any atom is -0.369 e. The van der Waals surface area contributed by atoms with E-state index in [1.807, 2.05) is 19.1 Å². The summed E-state index contributed by atoms with van der Waals surface area (Å²) in [6, 6.07) is 10.2. The summed E-state index contributed by atoms with van der Waals surface area (Å²) >= 11 is 8.01. The quantitative estimate of drug-likeness (QED) is 0.915. The van der Waals surface area contributed by atoms with E-state index in [4.69, 9.17) is 17.3 Å². The van der Waals surface area contributed by atoms with E-state index in [9.17, 15) is 0 Å². The second-order valence-electron chi connectivity index (χ2n) is 4.43. The standard InChI is InChI=1S/C14H17ClN2S/c1-10(16)13-6-5-11(8-14(13)15)17(2)9-12-4-3-7-18-12/h3-8,10H,9,16H2,1-2H3. The van der Waals surface area contributed by atoms with E-state index in [0.717, 1.165) is 22.8 Å². The average Bonchev–Trinajstić information content (AvgIpc) is 2.81. The zero-order chi connectivity index (χ0) is 13.1. The maximum Gasteiger partial charge on any atom is 0.0519 e. The van der Waals surface area contributed by atoms with Crippen molar-refractivity contribution in [3.63, 3.8) is 0 Å². The third kappa shape index (κ3) is 3.05. The summed E-state index contributed by atoms with van der Waals surface area (Å²) in [5, 5.41) is 2.83. The van der Waals surface area contributed by atoms with Crippen molar-refractivity contribution in [2.75, 3.05) is 11.9 Å². The molecule has 1 atom stereocenters. The lowest BCUT2D eigenvalue weighted by Gasteiger charge is -2.20. The molecule has 0 radical (unpaired) electrons. The Bertz CT molecular complexity index is 509. The molecule has 0 aliphatic carbocycles. The van der Waals surface area contributed by atoms with Crippen molar-refractivity contribution < 1.29 is 0 Å². The minimum absolute atomic E-state index is 0.0332. The Morgan fingerprint density at radius 3 is 2.72 bits per heavy atom. The van der Waals surface area contributed by atoms with Gasteiger partial charge in [-0.2, -0.15) is 0 Å². The van der Waals surface area contributed by atoms with Gasteiger partial charge in [-0.1, -0.05) is 23.7 Å². The Morgan fingerprint density at radius 1 is 1.39 bits per heavy atom. The highest BCUT2D eigenvalue weighted by Gasteiger charge is 2.09. The van der Waals surface area contributed by atoms with Gasteiger partial charge in [-0.15, -0.1) is 11.3 Å². The predicted molar refractivity (Wildman–Crippen MR) is 80.5 cm³/mol. The van der Waals surface area contributed by atoms with Crippen molar-refractivity contribution in [3.05, 3.63) is 51.2 Å². The van der Waals surface area contributed by atoms with Gasteiger partial charge in [0.25, 0.3) is 0 Å². The number of halogens is 1. The van der Waals surface area contributed by atoms with Crippen molar-refractivity contribution in [2.24, 2.45) is 5.73 Å². The number of hydrogen-bond acceptors (Lipinski definition) is 3. The first-order valence-electron chi connectivity index (χ1n) is 5.86. The van der Waals surface area contributed by atoms with Gasteiger partial charge in [0.1, 0.15) is 0 Å². The Hall–Kier alpha value is -1.03. The summed E-state index contributed by atoms with van der Waals surface area (Å²) in [5.41, 5.74) is 7.95. The Morgan fingerprint density at radius 2 is 2.17 bits per heavy atom. The molecule has 1 unspecified atom stereocenters. The van der Waals surface area contributed by atoms with Crippen LogP contribution in [0, 0.1) is 0 Å². The van der Waals surface area contributed by atoms with Crippen LogP contribution in [-0.4, -0.2) is 7.05 Å². The molecular weight excluding hydrogens is 264 g/mol. The van der Waals surface area contributed by atoms with Crippen LogP contribution in [0.15, 0.2) is 35.7 Å². The summed E-state index contributed by atoms with van der Waals surface area (Å²) in [4.78, 5) is 3.52. The van der Waals surface area contributed by atoms with E-state index in [1.165, 1.54) is 4.88 Å². The Kier molecular flexibility index (Phi) is 4.27. The van der Waals surface area contributed by atoms with E-state index in [1.54, 1.807) is 11.3 Å². The molecule has 0 bridgehead atoms. The summed E-state index contributed by atoms with van der Waals surface area (Å²) < 4.78 is 0. The molecule has 0 spiro atoms.